The Morgan fingerprint density at radius 3 is 2.44 bits per heavy atom. The van der Waals surface area contributed by atoms with Crippen molar-refractivity contribution in [1.29, 1.82) is 0 Å². The van der Waals surface area contributed by atoms with Gasteiger partial charge in [-0.15, -0.1) is 0 Å². The van der Waals surface area contributed by atoms with Crippen LogP contribution in [0, 0.1) is 0 Å². The minimum absolute atomic E-state index is 0.0369. The minimum Gasteiger partial charge on any atom is -0.489 e. The molecular formula is C23H28O4. The van der Waals surface area contributed by atoms with E-state index in [0.717, 1.165) is 24.2 Å². The lowest BCUT2D eigenvalue weighted by atomic mass is 10.0. The minimum atomic E-state index is -1.18. The molecule has 0 spiro atoms. The molecule has 0 fully saturated rings. The van der Waals surface area contributed by atoms with Gasteiger partial charge in [-0.25, -0.2) is 0 Å². The van der Waals surface area contributed by atoms with Gasteiger partial charge in [0.1, 0.15) is 12.4 Å². The number of hydrogen-bond donors (Lipinski definition) is 1. The van der Waals surface area contributed by atoms with E-state index in [4.69, 9.17) is 9.47 Å². The van der Waals surface area contributed by atoms with Crippen LogP contribution in [0.1, 0.15) is 37.8 Å². The molecule has 144 valence electrons. The van der Waals surface area contributed by atoms with Crippen LogP contribution in [0.2, 0.25) is 0 Å². The number of aryl methyl sites for hydroxylation is 1. The Hall–Kier alpha value is -2.59. The van der Waals surface area contributed by atoms with E-state index in [9.17, 15) is 9.90 Å². The van der Waals surface area contributed by atoms with Crippen molar-refractivity contribution in [3.8, 4) is 5.75 Å². The molecule has 2 aromatic rings. The van der Waals surface area contributed by atoms with Crippen LogP contribution in [0.4, 0.5) is 0 Å². The molecule has 0 radical (unpaired) electrons. The number of allylic oxidation sites excluding steroid dienone is 1. The van der Waals surface area contributed by atoms with Gasteiger partial charge in [0.2, 0.25) is 0 Å². The lowest BCUT2D eigenvalue weighted by Crippen LogP contribution is -2.26. The molecule has 0 aliphatic rings. The van der Waals surface area contributed by atoms with E-state index in [0.29, 0.717) is 13.2 Å². The molecule has 0 saturated heterocycles. The lowest BCUT2D eigenvalue weighted by molar-refractivity contribution is -0.146. The highest BCUT2D eigenvalue weighted by Gasteiger charge is 2.21. The van der Waals surface area contributed by atoms with Crippen LogP contribution < -0.4 is 4.74 Å². The maximum atomic E-state index is 11.5. The molecule has 0 bridgehead atoms. The lowest BCUT2D eigenvalue weighted by Gasteiger charge is -2.17. The highest BCUT2D eigenvalue weighted by atomic mass is 16.5. The first-order chi connectivity index (χ1) is 13.0. The second-order valence-electron chi connectivity index (χ2n) is 6.70. The third kappa shape index (κ3) is 8.09. The van der Waals surface area contributed by atoms with E-state index in [1.807, 2.05) is 60.7 Å². The molecule has 0 aliphatic heterocycles. The fourth-order valence-electron chi connectivity index (χ4n) is 2.64. The zero-order valence-corrected chi connectivity index (χ0v) is 16.1. The molecule has 0 saturated carbocycles. The van der Waals surface area contributed by atoms with Crippen LogP contribution in [0.15, 0.2) is 66.7 Å². The molecule has 0 aromatic heterocycles. The van der Waals surface area contributed by atoms with Gasteiger partial charge in [0.25, 0.3) is 0 Å². The number of aliphatic hydroxyl groups is 1. The Balaban J connectivity index is 1.75. The van der Waals surface area contributed by atoms with E-state index in [1.165, 1.54) is 5.56 Å². The smallest absolute Gasteiger partial charge is 0.309 e. The van der Waals surface area contributed by atoms with Crippen LogP contribution in [0.25, 0.3) is 0 Å². The van der Waals surface area contributed by atoms with Gasteiger partial charge in [-0.2, -0.15) is 0 Å². The molecule has 4 nitrogen and oxygen atoms in total. The summed E-state index contributed by atoms with van der Waals surface area (Å²) in [4.78, 5) is 11.5. The molecular weight excluding hydrogens is 340 g/mol. The second-order valence-corrected chi connectivity index (χ2v) is 6.70. The Labute approximate surface area is 161 Å². The van der Waals surface area contributed by atoms with Gasteiger partial charge in [-0.1, -0.05) is 54.6 Å². The third-order valence-electron chi connectivity index (χ3n) is 4.06. The van der Waals surface area contributed by atoms with Crippen LogP contribution in [-0.4, -0.2) is 23.3 Å². The summed E-state index contributed by atoms with van der Waals surface area (Å²) >= 11 is 0. The monoisotopic (exact) mass is 368 g/mol. The fourth-order valence-corrected chi connectivity index (χ4v) is 2.64. The van der Waals surface area contributed by atoms with Crippen molar-refractivity contribution in [3.63, 3.8) is 0 Å². The maximum absolute atomic E-state index is 11.5. The summed E-state index contributed by atoms with van der Waals surface area (Å²) in [6.07, 6.45) is 5.17. The summed E-state index contributed by atoms with van der Waals surface area (Å²) in [6.45, 7) is 4.24. The van der Waals surface area contributed by atoms with Gasteiger partial charge in [0.15, 0.2) is 0 Å². The zero-order chi connectivity index (χ0) is 19.5. The van der Waals surface area contributed by atoms with Crippen molar-refractivity contribution in [2.24, 2.45) is 0 Å². The van der Waals surface area contributed by atoms with Crippen LogP contribution in [0.3, 0.4) is 0 Å². The topological polar surface area (TPSA) is 55.8 Å². The molecule has 2 aromatic carbocycles. The highest BCUT2D eigenvalue weighted by Crippen LogP contribution is 2.16. The van der Waals surface area contributed by atoms with E-state index in [2.05, 4.69) is 0 Å². The maximum Gasteiger partial charge on any atom is 0.309 e. The average Bonchev–Trinajstić information content (AvgIpc) is 2.65. The molecule has 0 amide bonds. The number of esters is 1. The first-order valence-corrected chi connectivity index (χ1v) is 9.30. The zero-order valence-electron chi connectivity index (χ0n) is 16.1. The normalized spacial score (nSPS) is 13.3. The number of carbonyl (C=O) groups excluding carboxylic acids is 1. The Kier molecular flexibility index (Phi) is 8.08. The van der Waals surface area contributed by atoms with Gasteiger partial charge in [0.05, 0.1) is 18.6 Å². The average molecular weight is 368 g/mol. The van der Waals surface area contributed by atoms with Crippen LogP contribution in [-0.2, 0) is 22.6 Å². The van der Waals surface area contributed by atoms with Gasteiger partial charge < -0.3 is 14.6 Å². The largest absolute Gasteiger partial charge is 0.489 e. The van der Waals surface area contributed by atoms with Crippen molar-refractivity contribution in [3.05, 3.63) is 77.9 Å². The van der Waals surface area contributed by atoms with Crippen molar-refractivity contribution < 1.29 is 19.4 Å². The third-order valence-corrected chi connectivity index (χ3v) is 4.06. The molecule has 1 atom stereocenters. The second kappa shape index (κ2) is 10.5. The molecule has 27 heavy (non-hydrogen) atoms. The predicted octanol–water partition coefficient (Wildman–Crippen LogP) is 4.46. The van der Waals surface area contributed by atoms with E-state index in [-0.39, 0.29) is 6.42 Å². The summed E-state index contributed by atoms with van der Waals surface area (Å²) in [7, 11) is 0. The molecule has 0 aliphatic carbocycles. The molecule has 2 rings (SSSR count). The quantitative estimate of drug-likeness (QED) is 0.497. The number of hydrogen-bond acceptors (Lipinski definition) is 4. The summed E-state index contributed by atoms with van der Waals surface area (Å²) in [5.41, 5.74) is 1.15. The van der Waals surface area contributed by atoms with Crippen LogP contribution >= 0.6 is 0 Å². The Morgan fingerprint density at radius 1 is 1.07 bits per heavy atom. The first-order valence-electron chi connectivity index (χ1n) is 9.30. The summed E-state index contributed by atoms with van der Waals surface area (Å²) in [5, 5.41) is 10.2. The highest BCUT2D eigenvalue weighted by molar-refractivity contribution is 5.71. The summed E-state index contributed by atoms with van der Waals surface area (Å²) in [6, 6.07) is 18.1. The van der Waals surface area contributed by atoms with E-state index in [1.54, 1.807) is 19.9 Å². The standard InChI is InChI=1S/C23H28O4/c1-3-26-22(24)17-23(2,25)16-8-7-9-19-12-14-21(15-13-19)27-18-20-10-5-4-6-11-20/h4-6,8,10-16,25H,3,7,9,17-18H2,1-2H3. The number of benzene rings is 2. The summed E-state index contributed by atoms with van der Waals surface area (Å²) in [5.74, 6) is 0.453. The summed E-state index contributed by atoms with van der Waals surface area (Å²) < 4.78 is 10.7. The first kappa shape index (κ1) is 20.7. The van der Waals surface area contributed by atoms with Gasteiger partial charge in [0, 0.05) is 0 Å². The number of rotatable bonds is 10. The van der Waals surface area contributed by atoms with Crippen LogP contribution in [0.5, 0.6) is 5.75 Å². The Morgan fingerprint density at radius 2 is 1.78 bits per heavy atom. The molecule has 1 unspecified atom stereocenters. The fraction of sp³-hybridized carbons (Fsp3) is 0.348. The van der Waals surface area contributed by atoms with Gasteiger partial charge in [-0.3, -0.25) is 4.79 Å². The number of ether oxygens (including phenoxy) is 2. The van der Waals surface area contributed by atoms with E-state index < -0.39 is 11.6 Å². The molecule has 4 heteroatoms. The molecule has 0 heterocycles. The number of carbonyl (C=O) groups is 1. The van der Waals surface area contributed by atoms with E-state index >= 15 is 0 Å². The van der Waals surface area contributed by atoms with Gasteiger partial charge >= 0.3 is 5.97 Å². The SMILES string of the molecule is CCOC(=O)CC(C)(O)C=CCCc1ccc(OCc2ccccc2)cc1. The predicted molar refractivity (Wildman–Crippen MR) is 107 cm³/mol. The van der Waals surface area contributed by atoms with Crippen molar-refractivity contribution >= 4 is 5.97 Å². The Bertz CT molecular complexity index is 718. The molecule has 1 N–H and O–H groups in total. The van der Waals surface area contributed by atoms with Gasteiger partial charge in [-0.05, 0) is 49.9 Å². The van der Waals surface area contributed by atoms with Crippen molar-refractivity contribution in [2.45, 2.75) is 45.3 Å². The van der Waals surface area contributed by atoms with Crippen molar-refractivity contribution in [1.82, 2.24) is 0 Å². The van der Waals surface area contributed by atoms with Crippen molar-refractivity contribution in [2.75, 3.05) is 6.61 Å².